The number of amides is 2. The van der Waals surface area contributed by atoms with Crippen molar-refractivity contribution in [3.05, 3.63) is 23.9 Å². The third kappa shape index (κ3) is 6.49. The maximum atomic E-state index is 14.0. The number of hydrogen-bond acceptors (Lipinski definition) is 9. The topological polar surface area (TPSA) is 129 Å². The molecular formula is C30H40N4O7. The largest absolute Gasteiger partial charge is 0.497 e. The van der Waals surface area contributed by atoms with Gasteiger partial charge in [-0.05, 0) is 49.1 Å². The van der Waals surface area contributed by atoms with Gasteiger partial charge in [-0.1, -0.05) is 33.6 Å². The highest BCUT2D eigenvalue weighted by Gasteiger charge is 2.47. The summed E-state index contributed by atoms with van der Waals surface area (Å²) in [7, 11) is 2.89. The molecule has 222 valence electrons. The Morgan fingerprint density at radius 1 is 1.05 bits per heavy atom. The molecule has 2 aliphatic heterocycles. The van der Waals surface area contributed by atoms with Crippen LogP contribution < -0.4 is 14.8 Å². The number of ether oxygens (including phenoxy) is 4. The number of methoxy groups -OCH3 is 2. The number of carbonyl (C=O) groups is 3. The Kier molecular flexibility index (Phi) is 8.24. The van der Waals surface area contributed by atoms with E-state index in [0.717, 1.165) is 43.3 Å². The van der Waals surface area contributed by atoms with E-state index in [4.69, 9.17) is 28.9 Å². The number of esters is 1. The second kappa shape index (κ2) is 11.7. The van der Waals surface area contributed by atoms with Crippen molar-refractivity contribution in [3.63, 3.8) is 0 Å². The Labute approximate surface area is 240 Å². The lowest BCUT2D eigenvalue weighted by atomic mass is 9.85. The van der Waals surface area contributed by atoms with Gasteiger partial charge in [0.05, 0.1) is 31.8 Å². The van der Waals surface area contributed by atoms with Crippen molar-refractivity contribution in [3.8, 4) is 11.6 Å². The van der Waals surface area contributed by atoms with Crippen molar-refractivity contribution in [2.75, 3.05) is 20.8 Å². The summed E-state index contributed by atoms with van der Waals surface area (Å²) in [5, 5.41) is 2.80. The van der Waals surface area contributed by atoms with Crippen molar-refractivity contribution in [1.82, 2.24) is 20.2 Å². The molecule has 11 heteroatoms. The van der Waals surface area contributed by atoms with Gasteiger partial charge in [0.1, 0.15) is 35.7 Å². The number of nitrogens with zero attached hydrogens (tertiary/aromatic N) is 3. The molecule has 2 bridgehead atoms. The average Bonchev–Trinajstić information content (AvgIpc) is 3.53. The fourth-order valence-corrected chi connectivity index (χ4v) is 5.73. The zero-order valence-corrected chi connectivity index (χ0v) is 24.5. The summed E-state index contributed by atoms with van der Waals surface area (Å²) in [5.74, 6) is 0.458. The molecule has 3 unspecified atom stereocenters. The molecule has 1 aliphatic carbocycles. The first kappa shape index (κ1) is 28.9. The first-order valence-electron chi connectivity index (χ1n) is 14.4. The summed E-state index contributed by atoms with van der Waals surface area (Å²) in [5.41, 5.74) is 1.48. The molecule has 1 aromatic carbocycles. The number of hydrogen-bond donors (Lipinski definition) is 1. The maximum Gasteiger partial charge on any atom is 0.408 e. The average molecular weight is 569 g/mol. The molecule has 2 amide bonds. The van der Waals surface area contributed by atoms with E-state index in [1.807, 2.05) is 39.0 Å². The number of nitrogens with one attached hydrogen (secondary N) is 1. The fraction of sp³-hybridized carbons (Fsp3) is 0.633. The quantitative estimate of drug-likeness (QED) is 0.538. The minimum absolute atomic E-state index is 0.129. The van der Waals surface area contributed by atoms with E-state index in [9.17, 15) is 14.4 Å². The van der Waals surface area contributed by atoms with E-state index in [-0.39, 0.29) is 25.0 Å². The number of benzene rings is 1. The van der Waals surface area contributed by atoms with E-state index in [1.165, 1.54) is 12.0 Å². The van der Waals surface area contributed by atoms with Gasteiger partial charge in [0.2, 0.25) is 11.8 Å². The van der Waals surface area contributed by atoms with Crippen LogP contribution in [0.5, 0.6) is 11.6 Å². The Hall–Kier alpha value is -3.63. The number of carbonyl (C=O) groups excluding carboxylic acids is 3. The molecule has 3 heterocycles. The summed E-state index contributed by atoms with van der Waals surface area (Å²) in [6, 6.07) is 3.76. The minimum Gasteiger partial charge on any atom is -0.497 e. The Bertz CT molecular complexity index is 1310. The lowest BCUT2D eigenvalue weighted by Crippen LogP contribution is -2.57. The first-order chi connectivity index (χ1) is 19.6. The second-order valence-electron chi connectivity index (χ2n) is 12.3. The van der Waals surface area contributed by atoms with Crippen LogP contribution in [0.3, 0.4) is 0 Å². The van der Waals surface area contributed by atoms with Crippen LogP contribution in [0.15, 0.2) is 18.2 Å². The van der Waals surface area contributed by atoms with Crippen molar-refractivity contribution < 1.29 is 33.3 Å². The van der Waals surface area contributed by atoms with Crippen LogP contribution in [0.25, 0.3) is 11.0 Å². The number of fused-ring (bicyclic) bond motifs is 5. The van der Waals surface area contributed by atoms with Gasteiger partial charge in [0.15, 0.2) is 0 Å². The van der Waals surface area contributed by atoms with E-state index >= 15 is 0 Å². The van der Waals surface area contributed by atoms with Crippen LogP contribution in [0.2, 0.25) is 0 Å². The molecule has 2 aromatic rings. The molecule has 5 atom stereocenters. The third-order valence-electron chi connectivity index (χ3n) is 8.18. The maximum absolute atomic E-state index is 14.0. The molecule has 11 nitrogen and oxygen atoms in total. The zero-order chi connectivity index (χ0) is 29.3. The summed E-state index contributed by atoms with van der Waals surface area (Å²) >= 11 is 0. The van der Waals surface area contributed by atoms with Crippen LogP contribution in [0, 0.1) is 11.3 Å². The molecule has 5 rings (SSSR count). The fourth-order valence-electron chi connectivity index (χ4n) is 5.73. The molecule has 1 saturated carbocycles. The molecule has 1 aromatic heterocycles. The number of aromatic nitrogens is 2. The van der Waals surface area contributed by atoms with Crippen molar-refractivity contribution in [1.29, 1.82) is 0 Å². The van der Waals surface area contributed by atoms with Crippen LogP contribution in [-0.4, -0.2) is 77.9 Å². The molecule has 3 aliphatic rings. The van der Waals surface area contributed by atoms with E-state index in [2.05, 4.69) is 5.32 Å². The number of aryl methyl sites for hydroxylation is 1. The predicted octanol–water partition coefficient (Wildman–Crippen LogP) is 3.81. The number of alkyl carbamates (subject to hydrolysis) is 1. The van der Waals surface area contributed by atoms with Gasteiger partial charge in [-0.3, -0.25) is 4.79 Å². The predicted molar refractivity (Wildman–Crippen MR) is 150 cm³/mol. The van der Waals surface area contributed by atoms with Crippen LogP contribution >= 0.6 is 0 Å². The van der Waals surface area contributed by atoms with E-state index < -0.39 is 35.7 Å². The minimum atomic E-state index is -0.916. The van der Waals surface area contributed by atoms with Gasteiger partial charge in [-0.15, -0.1) is 0 Å². The SMILES string of the molecule is COC(=O)C1CC2CN1C(=O)[C@H](C(C)(C)C)NC(=O)OC1C[C@H]1CCCCCc1nc3ccc(OC)cc3nc1O2. The zero-order valence-electron chi connectivity index (χ0n) is 24.5. The molecule has 1 saturated heterocycles. The highest BCUT2D eigenvalue weighted by molar-refractivity contribution is 5.91. The van der Waals surface area contributed by atoms with Gasteiger partial charge in [-0.25, -0.2) is 19.6 Å². The molecule has 2 fully saturated rings. The lowest BCUT2D eigenvalue weighted by Gasteiger charge is -2.34. The smallest absolute Gasteiger partial charge is 0.408 e. The van der Waals surface area contributed by atoms with Crippen molar-refractivity contribution >= 4 is 29.0 Å². The third-order valence-corrected chi connectivity index (χ3v) is 8.18. The van der Waals surface area contributed by atoms with Gasteiger partial charge in [-0.2, -0.15) is 0 Å². The normalized spacial score (nSPS) is 27.3. The number of rotatable bonds is 2. The Morgan fingerprint density at radius 2 is 1.85 bits per heavy atom. The summed E-state index contributed by atoms with van der Waals surface area (Å²) in [6.07, 6.45) is 4.35. The van der Waals surface area contributed by atoms with E-state index in [0.29, 0.717) is 29.5 Å². The molecule has 0 radical (unpaired) electrons. The second-order valence-corrected chi connectivity index (χ2v) is 12.3. The van der Waals surface area contributed by atoms with Crippen LogP contribution in [-0.2, 0) is 25.5 Å². The standard InChI is InChI=1S/C30H40N4O7/c1-30(2,3)25-27(35)34-16-19(15-23(34)28(36)39-5)40-26-21(31-20-12-11-18(38-4)14-22(20)32-26)10-8-6-7-9-17-13-24(17)41-29(37)33-25/h11-12,14,17,19,23-25H,6-10,13,15-16H2,1-5H3,(H,33,37)/t17-,19?,23?,24?,25-/m1/s1. The summed E-state index contributed by atoms with van der Waals surface area (Å²) in [4.78, 5) is 50.8. The van der Waals surface area contributed by atoms with Crippen molar-refractivity contribution in [2.45, 2.75) is 90.0 Å². The van der Waals surface area contributed by atoms with Gasteiger partial charge in [0.25, 0.3) is 0 Å². The monoisotopic (exact) mass is 568 g/mol. The summed E-state index contributed by atoms with van der Waals surface area (Å²) in [6.45, 7) is 5.72. The van der Waals surface area contributed by atoms with Crippen LogP contribution in [0.4, 0.5) is 4.79 Å². The van der Waals surface area contributed by atoms with Gasteiger partial charge >= 0.3 is 12.1 Å². The summed E-state index contributed by atoms with van der Waals surface area (Å²) < 4.78 is 22.5. The highest BCUT2D eigenvalue weighted by Crippen LogP contribution is 2.39. The molecular weight excluding hydrogens is 528 g/mol. The van der Waals surface area contributed by atoms with Crippen molar-refractivity contribution in [2.24, 2.45) is 11.3 Å². The van der Waals surface area contributed by atoms with Crippen LogP contribution in [0.1, 0.15) is 65.0 Å². The molecule has 0 spiro atoms. The molecule has 1 N–H and O–H groups in total. The Morgan fingerprint density at radius 3 is 2.59 bits per heavy atom. The molecule has 41 heavy (non-hydrogen) atoms. The van der Waals surface area contributed by atoms with Gasteiger partial charge in [0, 0.05) is 12.5 Å². The first-order valence-corrected chi connectivity index (χ1v) is 14.4. The highest BCUT2D eigenvalue weighted by atomic mass is 16.6. The lowest BCUT2D eigenvalue weighted by molar-refractivity contribution is -0.152. The Balaban J connectivity index is 1.49. The van der Waals surface area contributed by atoms with E-state index in [1.54, 1.807) is 7.11 Å². The van der Waals surface area contributed by atoms with Gasteiger partial charge < -0.3 is 29.2 Å².